The topological polar surface area (TPSA) is 55.1 Å². The van der Waals surface area contributed by atoms with E-state index in [1.54, 1.807) is 0 Å². The second-order valence-corrected chi connectivity index (χ2v) is 5.45. The molecular weight excluding hydrogens is 232 g/mol. The monoisotopic (exact) mass is 248 g/mol. The van der Waals surface area contributed by atoms with Gasteiger partial charge in [-0.3, -0.25) is 4.79 Å². The van der Waals surface area contributed by atoms with Crippen LogP contribution >= 0.6 is 11.3 Å². The van der Waals surface area contributed by atoms with E-state index >= 15 is 0 Å². The van der Waals surface area contributed by atoms with Gasteiger partial charge in [0.1, 0.15) is 4.88 Å². The van der Waals surface area contributed by atoms with Gasteiger partial charge in [0, 0.05) is 11.1 Å². The average molecular weight is 248 g/mol. The fourth-order valence-electron chi connectivity index (χ4n) is 1.89. The van der Waals surface area contributed by atoms with Gasteiger partial charge in [-0.15, -0.1) is 11.3 Å². The summed E-state index contributed by atoms with van der Waals surface area (Å²) in [5.41, 5.74) is 6.10. The molecule has 0 radical (unpaired) electrons. The van der Waals surface area contributed by atoms with E-state index in [4.69, 9.17) is 5.73 Å². The highest BCUT2D eigenvalue weighted by molar-refractivity contribution is 7.12. The van der Waals surface area contributed by atoms with Crippen LogP contribution in [0.4, 0.5) is 0 Å². The van der Waals surface area contributed by atoms with E-state index in [0.717, 1.165) is 18.4 Å². The summed E-state index contributed by atoms with van der Waals surface area (Å²) in [6.45, 7) is 2.40. The summed E-state index contributed by atoms with van der Waals surface area (Å²) >= 11 is 1.43. The molecule has 0 spiro atoms. The van der Waals surface area contributed by atoms with E-state index < -0.39 is 0 Å². The second-order valence-electron chi connectivity index (χ2n) is 4.54. The molecule has 4 heteroatoms. The molecule has 2 rings (SSSR count). The Morgan fingerprint density at radius 3 is 3.00 bits per heavy atom. The van der Waals surface area contributed by atoms with Crippen LogP contribution in [0.3, 0.4) is 0 Å². The van der Waals surface area contributed by atoms with Gasteiger partial charge in [0.2, 0.25) is 0 Å². The van der Waals surface area contributed by atoms with E-state index in [9.17, 15) is 4.79 Å². The number of rotatable bonds is 2. The summed E-state index contributed by atoms with van der Waals surface area (Å²) in [4.78, 5) is 12.8. The fourth-order valence-corrected chi connectivity index (χ4v) is 2.64. The molecule has 0 bridgehead atoms. The van der Waals surface area contributed by atoms with Crippen molar-refractivity contribution in [2.24, 2.45) is 5.73 Å². The molecule has 1 heterocycles. The van der Waals surface area contributed by atoms with Crippen LogP contribution in [0, 0.1) is 11.8 Å². The molecule has 0 atom stereocenters. The Labute approximate surface area is 105 Å². The maximum atomic E-state index is 12.1. The van der Waals surface area contributed by atoms with Gasteiger partial charge in [0.05, 0.1) is 6.54 Å². The van der Waals surface area contributed by atoms with Crippen molar-refractivity contribution in [3.8, 4) is 11.8 Å². The third-order valence-electron chi connectivity index (χ3n) is 3.07. The molecule has 1 aliphatic carbocycles. The Balaban J connectivity index is 2.11. The van der Waals surface area contributed by atoms with E-state index in [-0.39, 0.29) is 11.4 Å². The highest BCUT2D eigenvalue weighted by Crippen LogP contribution is 2.31. The van der Waals surface area contributed by atoms with Crippen molar-refractivity contribution < 1.29 is 4.79 Å². The van der Waals surface area contributed by atoms with Crippen LogP contribution in [-0.2, 0) is 0 Å². The highest BCUT2D eigenvalue weighted by atomic mass is 32.1. The Morgan fingerprint density at radius 1 is 1.65 bits per heavy atom. The lowest BCUT2D eigenvalue weighted by atomic mass is 9.78. The van der Waals surface area contributed by atoms with Crippen LogP contribution in [0.2, 0.25) is 0 Å². The summed E-state index contributed by atoms with van der Waals surface area (Å²) in [5.74, 6) is 5.70. The predicted octanol–water partition coefficient (Wildman–Crippen LogP) is 1.73. The third-order valence-corrected chi connectivity index (χ3v) is 3.98. The van der Waals surface area contributed by atoms with E-state index in [1.165, 1.54) is 17.8 Å². The lowest BCUT2D eigenvalue weighted by Gasteiger charge is -2.39. The van der Waals surface area contributed by atoms with Crippen molar-refractivity contribution in [3.63, 3.8) is 0 Å². The summed E-state index contributed by atoms with van der Waals surface area (Å²) in [5, 5.41) is 4.97. The number of hydrogen-bond donors (Lipinski definition) is 2. The van der Waals surface area contributed by atoms with Gasteiger partial charge in [0.15, 0.2) is 0 Å². The van der Waals surface area contributed by atoms with Crippen LogP contribution < -0.4 is 11.1 Å². The van der Waals surface area contributed by atoms with E-state index in [0.29, 0.717) is 11.4 Å². The average Bonchev–Trinajstić information content (AvgIpc) is 2.72. The van der Waals surface area contributed by atoms with Gasteiger partial charge in [-0.05, 0) is 37.6 Å². The minimum atomic E-state index is -0.0142. The molecule has 90 valence electrons. The molecule has 1 fully saturated rings. The van der Waals surface area contributed by atoms with Gasteiger partial charge in [0.25, 0.3) is 5.91 Å². The zero-order valence-corrected chi connectivity index (χ0v) is 10.7. The Kier molecular flexibility index (Phi) is 3.51. The number of hydrogen-bond acceptors (Lipinski definition) is 3. The van der Waals surface area contributed by atoms with E-state index in [1.807, 2.05) is 11.4 Å². The first-order valence-corrected chi connectivity index (χ1v) is 6.61. The maximum absolute atomic E-state index is 12.1. The standard InChI is InChI=1S/C13H16N2OS/c1-13(6-3-7-13)15-12(16)11-10(4-2-8-14)5-9-17-11/h5,9H,3,6-8,14H2,1H3,(H,15,16). The summed E-state index contributed by atoms with van der Waals surface area (Å²) in [7, 11) is 0. The molecular formula is C13H16N2OS. The van der Waals surface area contributed by atoms with Crippen molar-refractivity contribution in [1.29, 1.82) is 0 Å². The number of carbonyl (C=O) groups is 1. The van der Waals surface area contributed by atoms with Crippen molar-refractivity contribution in [2.45, 2.75) is 31.7 Å². The summed E-state index contributed by atoms with van der Waals surface area (Å²) < 4.78 is 0. The third kappa shape index (κ3) is 2.68. The highest BCUT2D eigenvalue weighted by Gasteiger charge is 2.33. The first kappa shape index (κ1) is 12.2. The fraction of sp³-hybridized carbons (Fsp3) is 0.462. The molecule has 1 aromatic rings. The van der Waals surface area contributed by atoms with Crippen LogP contribution in [0.1, 0.15) is 41.4 Å². The predicted molar refractivity (Wildman–Crippen MR) is 70.0 cm³/mol. The smallest absolute Gasteiger partial charge is 0.263 e. The second kappa shape index (κ2) is 4.91. The molecule has 1 saturated carbocycles. The quantitative estimate of drug-likeness (QED) is 0.783. The summed E-state index contributed by atoms with van der Waals surface area (Å²) in [6.07, 6.45) is 3.32. The molecule has 0 saturated heterocycles. The molecule has 1 amide bonds. The zero-order valence-electron chi connectivity index (χ0n) is 9.88. The molecule has 1 aliphatic rings. The SMILES string of the molecule is CC1(NC(=O)c2sccc2C#CCN)CCC1. The minimum Gasteiger partial charge on any atom is -0.346 e. The molecule has 0 aliphatic heterocycles. The first-order chi connectivity index (χ1) is 8.14. The summed E-state index contributed by atoms with van der Waals surface area (Å²) in [6, 6.07) is 1.87. The van der Waals surface area contributed by atoms with Crippen LogP contribution in [0.15, 0.2) is 11.4 Å². The molecule has 0 aromatic carbocycles. The van der Waals surface area contributed by atoms with Crippen molar-refractivity contribution in [1.82, 2.24) is 5.32 Å². The minimum absolute atomic E-state index is 0.0106. The Morgan fingerprint density at radius 2 is 2.41 bits per heavy atom. The van der Waals surface area contributed by atoms with Gasteiger partial charge < -0.3 is 11.1 Å². The van der Waals surface area contributed by atoms with Gasteiger partial charge in [-0.25, -0.2) is 0 Å². The lowest BCUT2D eigenvalue weighted by molar-refractivity contribution is 0.0854. The lowest BCUT2D eigenvalue weighted by Crippen LogP contribution is -2.50. The Hall–Kier alpha value is -1.31. The van der Waals surface area contributed by atoms with Crippen molar-refractivity contribution in [2.75, 3.05) is 6.54 Å². The molecule has 3 N–H and O–H groups in total. The van der Waals surface area contributed by atoms with Gasteiger partial charge in [-0.2, -0.15) is 0 Å². The van der Waals surface area contributed by atoms with Crippen LogP contribution in [0.5, 0.6) is 0 Å². The van der Waals surface area contributed by atoms with Crippen molar-refractivity contribution in [3.05, 3.63) is 21.9 Å². The maximum Gasteiger partial charge on any atom is 0.263 e. The number of nitrogens with two attached hydrogens (primary N) is 1. The van der Waals surface area contributed by atoms with Gasteiger partial charge >= 0.3 is 0 Å². The zero-order chi connectivity index (χ0) is 12.3. The van der Waals surface area contributed by atoms with Crippen LogP contribution in [-0.4, -0.2) is 18.0 Å². The normalized spacial score (nSPS) is 16.6. The first-order valence-electron chi connectivity index (χ1n) is 5.73. The van der Waals surface area contributed by atoms with Crippen LogP contribution in [0.25, 0.3) is 0 Å². The number of carbonyl (C=O) groups excluding carboxylic acids is 1. The van der Waals surface area contributed by atoms with E-state index in [2.05, 4.69) is 24.1 Å². The molecule has 3 nitrogen and oxygen atoms in total. The number of thiophene rings is 1. The van der Waals surface area contributed by atoms with Gasteiger partial charge in [-0.1, -0.05) is 11.8 Å². The molecule has 17 heavy (non-hydrogen) atoms. The molecule has 1 aromatic heterocycles. The Bertz CT molecular complexity index is 477. The van der Waals surface area contributed by atoms with Crippen molar-refractivity contribution >= 4 is 17.2 Å². The number of amides is 1. The largest absolute Gasteiger partial charge is 0.346 e. The molecule has 0 unspecified atom stereocenters. The number of nitrogens with one attached hydrogen (secondary N) is 1.